The highest BCUT2D eigenvalue weighted by Gasteiger charge is 2.18. The number of aliphatic carboxylic acids is 1. The fraction of sp³-hybridized carbons (Fsp3) is 0.297. The van der Waals surface area contributed by atoms with Gasteiger partial charge in [0.15, 0.2) is 0 Å². The quantitative estimate of drug-likeness (QED) is 0.147. The molecule has 242 valence electrons. The average Bonchev–Trinajstić information content (AvgIpc) is 3.58. The van der Waals surface area contributed by atoms with Crippen molar-refractivity contribution in [1.82, 2.24) is 10.3 Å². The molecule has 9 nitrogen and oxygen atoms in total. The lowest BCUT2D eigenvalue weighted by Crippen LogP contribution is -2.29. The summed E-state index contributed by atoms with van der Waals surface area (Å²) >= 11 is 1.52. The summed E-state index contributed by atoms with van der Waals surface area (Å²) in [6.45, 7) is 2.99. The number of carboxylic acid groups (broad SMARTS) is 1. The van der Waals surface area contributed by atoms with Gasteiger partial charge in [-0.05, 0) is 84.5 Å². The number of rotatable bonds is 12. The van der Waals surface area contributed by atoms with Gasteiger partial charge in [-0.1, -0.05) is 24.3 Å². The molecular formula is C37H38N4O5S. The Hall–Kier alpha value is -4.83. The Labute approximate surface area is 278 Å². The number of nitrogens with one attached hydrogen (secondary N) is 2. The van der Waals surface area contributed by atoms with Crippen LogP contribution < -0.4 is 20.3 Å². The van der Waals surface area contributed by atoms with E-state index >= 15 is 0 Å². The minimum absolute atomic E-state index is 0.0992. The van der Waals surface area contributed by atoms with E-state index in [1.165, 1.54) is 23.7 Å². The Morgan fingerprint density at radius 3 is 2.60 bits per heavy atom. The van der Waals surface area contributed by atoms with E-state index < -0.39 is 5.97 Å². The van der Waals surface area contributed by atoms with Gasteiger partial charge < -0.3 is 25.4 Å². The van der Waals surface area contributed by atoms with E-state index in [2.05, 4.69) is 26.6 Å². The summed E-state index contributed by atoms with van der Waals surface area (Å²) in [5.74, 6) is 0.702. The predicted molar refractivity (Wildman–Crippen MR) is 185 cm³/mol. The van der Waals surface area contributed by atoms with Gasteiger partial charge in [-0.25, -0.2) is 0 Å². The number of amides is 2. The lowest BCUT2D eigenvalue weighted by molar-refractivity contribution is -0.136. The van der Waals surface area contributed by atoms with Crippen LogP contribution in [-0.2, 0) is 23.5 Å². The van der Waals surface area contributed by atoms with Crippen LogP contribution in [0.5, 0.6) is 5.75 Å². The van der Waals surface area contributed by atoms with Crippen molar-refractivity contribution >= 4 is 40.9 Å². The van der Waals surface area contributed by atoms with Gasteiger partial charge in [-0.3, -0.25) is 19.4 Å². The van der Waals surface area contributed by atoms with Crippen molar-refractivity contribution in [2.24, 2.45) is 0 Å². The maximum atomic E-state index is 13.5. The molecule has 2 aliphatic rings. The van der Waals surface area contributed by atoms with Crippen LogP contribution >= 0.6 is 11.8 Å². The van der Waals surface area contributed by atoms with Crippen LogP contribution in [-0.4, -0.2) is 53.3 Å². The highest BCUT2D eigenvalue weighted by molar-refractivity contribution is 7.98. The van der Waals surface area contributed by atoms with Gasteiger partial charge in [0.1, 0.15) is 5.75 Å². The lowest BCUT2D eigenvalue weighted by Gasteiger charge is -2.29. The number of pyridine rings is 1. The summed E-state index contributed by atoms with van der Waals surface area (Å²) in [7, 11) is 0. The maximum absolute atomic E-state index is 13.5. The molecule has 0 saturated carbocycles. The van der Waals surface area contributed by atoms with Crippen molar-refractivity contribution in [2.45, 2.75) is 44.4 Å². The number of aromatic nitrogens is 1. The number of carbonyl (C=O) groups is 3. The van der Waals surface area contributed by atoms with Crippen molar-refractivity contribution in [1.29, 1.82) is 0 Å². The molecule has 0 atom stereocenters. The standard InChI is InChI=1S/C37H38N4O5S/c42-35(43)13-18-47-24-26-5-4-6-28(19-26)37(45)40-32-10-9-30(41-15-2-1-3-16-41)22-31(32)33-21-29(11-14-38-33)36(44)39-23-25-7-8-27-12-17-46-34(27)20-25/h4-11,14,19-22H,1-3,12-13,15-18,23-24H2,(H,39,44)(H,40,45)(H,42,43). The molecule has 0 unspecified atom stereocenters. The maximum Gasteiger partial charge on any atom is 0.304 e. The number of carboxylic acids is 1. The molecule has 0 aliphatic carbocycles. The van der Waals surface area contributed by atoms with E-state index in [-0.39, 0.29) is 18.2 Å². The minimum Gasteiger partial charge on any atom is -0.493 e. The Bertz CT molecular complexity index is 1770. The molecule has 3 heterocycles. The first-order chi connectivity index (χ1) is 22.9. The Balaban J connectivity index is 1.21. The number of piperidine rings is 1. The zero-order chi connectivity index (χ0) is 32.6. The molecule has 1 aromatic heterocycles. The summed E-state index contributed by atoms with van der Waals surface area (Å²) in [6.07, 6.45) is 6.10. The fourth-order valence-electron chi connectivity index (χ4n) is 5.87. The number of carbonyl (C=O) groups excluding carboxylic acids is 2. The molecule has 1 saturated heterocycles. The van der Waals surface area contributed by atoms with Crippen molar-refractivity contribution in [3.63, 3.8) is 0 Å². The normalized spacial score (nSPS) is 13.8. The highest BCUT2D eigenvalue weighted by Crippen LogP contribution is 2.33. The van der Waals surface area contributed by atoms with Gasteiger partial charge in [0, 0.05) is 66.1 Å². The second-order valence-electron chi connectivity index (χ2n) is 11.8. The zero-order valence-electron chi connectivity index (χ0n) is 26.2. The van der Waals surface area contributed by atoms with Crippen LogP contribution in [0.25, 0.3) is 11.3 Å². The first-order valence-corrected chi connectivity index (χ1v) is 17.2. The average molecular weight is 651 g/mol. The number of ether oxygens (including phenoxy) is 1. The summed E-state index contributed by atoms with van der Waals surface area (Å²) in [5.41, 5.74) is 7.04. The number of fused-ring (bicyclic) bond motifs is 1. The van der Waals surface area contributed by atoms with E-state index in [9.17, 15) is 14.4 Å². The topological polar surface area (TPSA) is 121 Å². The fourth-order valence-corrected chi connectivity index (χ4v) is 6.75. The number of nitrogens with zero attached hydrogens (tertiary/aromatic N) is 2. The third kappa shape index (κ3) is 8.31. The first-order valence-electron chi connectivity index (χ1n) is 16.0. The minimum atomic E-state index is -0.821. The van der Waals surface area contributed by atoms with Crippen LogP contribution in [0.15, 0.2) is 79.0 Å². The third-order valence-corrected chi connectivity index (χ3v) is 9.43. The summed E-state index contributed by atoms with van der Waals surface area (Å²) in [6, 6.07) is 22.9. The molecule has 4 aromatic rings. The van der Waals surface area contributed by atoms with Crippen LogP contribution in [0.2, 0.25) is 0 Å². The molecule has 0 radical (unpaired) electrons. The molecule has 3 N–H and O–H groups in total. The van der Waals surface area contributed by atoms with Gasteiger partial charge >= 0.3 is 5.97 Å². The Morgan fingerprint density at radius 1 is 0.894 bits per heavy atom. The number of benzene rings is 3. The summed E-state index contributed by atoms with van der Waals surface area (Å²) < 4.78 is 5.68. The molecule has 3 aromatic carbocycles. The van der Waals surface area contributed by atoms with Crippen molar-refractivity contribution in [2.75, 3.05) is 35.7 Å². The number of hydrogen-bond acceptors (Lipinski definition) is 7. The lowest BCUT2D eigenvalue weighted by atomic mass is 10.0. The number of anilines is 2. The van der Waals surface area contributed by atoms with Crippen LogP contribution in [0, 0.1) is 0 Å². The van der Waals surface area contributed by atoms with Gasteiger partial charge in [-0.15, -0.1) is 0 Å². The molecular weight excluding hydrogens is 612 g/mol. The van der Waals surface area contributed by atoms with Gasteiger partial charge in [0.2, 0.25) is 0 Å². The second kappa shape index (κ2) is 15.2. The summed E-state index contributed by atoms with van der Waals surface area (Å²) in [4.78, 5) is 44.6. The first kappa shape index (κ1) is 32.1. The zero-order valence-corrected chi connectivity index (χ0v) is 27.0. The molecule has 2 aliphatic heterocycles. The molecule has 0 bridgehead atoms. The van der Waals surface area contributed by atoms with Crippen molar-refractivity contribution in [3.8, 4) is 17.0 Å². The van der Waals surface area contributed by atoms with Crippen LogP contribution in [0.3, 0.4) is 0 Å². The molecule has 47 heavy (non-hydrogen) atoms. The van der Waals surface area contributed by atoms with E-state index in [1.807, 2.05) is 48.5 Å². The van der Waals surface area contributed by atoms with E-state index in [0.717, 1.165) is 60.5 Å². The van der Waals surface area contributed by atoms with Crippen LogP contribution in [0.1, 0.15) is 63.1 Å². The second-order valence-corrected chi connectivity index (χ2v) is 12.9. The smallest absolute Gasteiger partial charge is 0.304 e. The SMILES string of the molecule is O=C(O)CCSCc1cccc(C(=O)Nc2ccc(N3CCCCC3)cc2-c2cc(C(=O)NCc3ccc4c(c3)OCC4)ccn2)c1. The molecule has 2 amide bonds. The van der Waals surface area contributed by atoms with Crippen LogP contribution in [0.4, 0.5) is 11.4 Å². The largest absolute Gasteiger partial charge is 0.493 e. The number of hydrogen-bond donors (Lipinski definition) is 3. The van der Waals surface area contributed by atoms with E-state index in [1.54, 1.807) is 24.4 Å². The number of thioether (sulfide) groups is 1. The molecule has 1 fully saturated rings. The monoisotopic (exact) mass is 650 g/mol. The van der Waals surface area contributed by atoms with E-state index in [0.29, 0.717) is 47.2 Å². The molecule has 10 heteroatoms. The highest BCUT2D eigenvalue weighted by atomic mass is 32.2. The Morgan fingerprint density at radius 2 is 1.74 bits per heavy atom. The van der Waals surface area contributed by atoms with Gasteiger partial charge in [-0.2, -0.15) is 11.8 Å². The Kier molecular flexibility index (Phi) is 10.4. The molecule has 6 rings (SSSR count). The molecule has 0 spiro atoms. The van der Waals surface area contributed by atoms with Crippen molar-refractivity contribution < 1.29 is 24.2 Å². The van der Waals surface area contributed by atoms with Gasteiger partial charge in [0.05, 0.1) is 24.4 Å². The van der Waals surface area contributed by atoms with Gasteiger partial charge in [0.25, 0.3) is 11.8 Å². The predicted octanol–water partition coefficient (Wildman–Crippen LogP) is 6.56. The van der Waals surface area contributed by atoms with E-state index in [4.69, 9.17) is 9.84 Å². The summed E-state index contributed by atoms with van der Waals surface area (Å²) in [5, 5.41) is 15.0. The van der Waals surface area contributed by atoms with Crippen molar-refractivity contribution in [3.05, 3.63) is 107 Å². The third-order valence-electron chi connectivity index (χ3n) is 8.40.